The standard InChI is InChI=1S/C25H17F6N5O3/c26-17-7-14(10-32)3-6-18(17)35-12-19(37)36(11-13-1-4-16(5-2-13)25(29,30)31)24(23(35)38)8-15(9-24)21-33-34-22(39-21)20(27)28/h1-7,15,20H,8-9,11-12H2/t15-,24-. The molecule has 0 atom stereocenters. The Labute approximate surface area is 216 Å². The van der Waals surface area contributed by atoms with Crippen molar-refractivity contribution in [2.24, 2.45) is 0 Å². The van der Waals surface area contributed by atoms with E-state index in [1.807, 2.05) is 0 Å². The van der Waals surface area contributed by atoms with Gasteiger partial charge >= 0.3 is 12.6 Å². The number of hydrogen-bond donors (Lipinski definition) is 0. The van der Waals surface area contributed by atoms with Gasteiger partial charge in [-0.1, -0.05) is 12.1 Å². The highest BCUT2D eigenvalue weighted by Gasteiger charge is 2.61. The number of nitrogens with zero attached hydrogens (tertiary/aromatic N) is 5. The van der Waals surface area contributed by atoms with Crippen LogP contribution < -0.4 is 4.90 Å². The van der Waals surface area contributed by atoms with Crippen LogP contribution in [-0.4, -0.2) is 39.0 Å². The Kier molecular flexibility index (Phi) is 6.32. The van der Waals surface area contributed by atoms with E-state index >= 15 is 0 Å². The number of nitriles is 1. The molecule has 0 bridgehead atoms. The fraction of sp³-hybridized carbons (Fsp3) is 0.320. The number of benzene rings is 2. The molecule has 14 heteroatoms. The minimum absolute atomic E-state index is 0.000569. The van der Waals surface area contributed by atoms with E-state index in [1.165, 1.54) is 29.2 Å². The third-order valence-corrected chi connectivity index (χ3v) is 6.90. The molecule has 2 heterocycles. The molecule has 3 aromatic rings. The largest absolute Gasteiger partial charge is 0.419 e. The van der Waals surface area contributed by atoms with E-state index in [9.17, 15) is 35.9 Å². The SMILES string of the molecule is N#Cc1ccc(N2CC(=O)N(Cc3ccc(C(F)(F)F)cc3)[C@]3(C[C@H](c4nnc(C(F)F)o4)C3)C2=O)c(F)c1. The first-order valence-corrected chi connectivity index (χ1v) is 11.5. The predicted molar refractivity (Wildman–Crippen MR) is 119 cm³/mol. The van der Waals surface area contributed by atoms with Gasteiger partial charge in [0.2, 0.25) is 11.8 Å². The second-order valence-corrected chi connectivity index (χ2v) is 9.26. The number of halogens is 6. The fourth-order valence-corrected chi connectivity index (χ4v) is 4.93. The highest BCUT2D eigenvalue weighted by atomic mass is 19.4. The lowest BCUT2D eigenvalue weighted by molar-refractivity contribution is -0.160. The van der Waals surface area contributed by atoms with Crippen LogP contribution >= 0.6 is 0 Å². The molecule has 1 aromatic heterocycles. The summed E-state index contributed by atoms with van der Waals surface area (Å²) in [6.45, 7) is -0.796. The van der Waals surface area contributed by atoms with Gasteiger partial charge in [-0.3, -0.25) is 14.5 Å². The van der Waals surface area contributed by atoms with Gasteiger partial charge in [0.25, 0.3) is 11.8 Å². The molecule has 2 aliphatic rings. The van der Waals surface area contributed by atoms with Crippen molar-refractivity contribution in [3.05, 3.63) is 76.8 Å². The molecular weight excluding hydrogens is 532 g/mol. The number of carbonyl (C=O) groups excluding carboxylic acids is 2. The maximum absolute atomic E-state index is 14.8. The summed E-state index contributed by atoms with van der Waals surface area (Å²) in [6, 6.07) is 9.24. The minimum Gasteiger partial charge on any atom is -0.419 e. The van der Waals surface area contributed by atoms with Gasteiger partial charge < -0.3 is 9.32 Å². The number of piperazine rings is 1. The Balaban J connectivity index is 1.48. The van der Waals surface area contributed by atoms with E-state index in [1.54, 1.807) is 6.07 Å². The quantitative estimate of drug-likeness (QED) is 0.427. The summed E-state index contributed by atoms with van der Waals surface area (Å²) >= 11 is 0. The van der Waals surface area contributed by atoms with Crippen LogP contribution in [0.4, 0.5) is 32.0 Å². The fourth-order valence-electron chi connectivity index (χ4n) is 4.93. The van der Waals surface area contributed by atoms with Gasteiger partial charge in [-0.05, 0) is 48.7 Å². The van der Waals surface area contributed by atoms with Crippen molar-refractivity contribution in [2.75, 3.05) is 11.4 Å². The molecule has 8 nitrogen and oxygen atoms in total. The van der Waals surface area contributed by atoms with Gasteiger partial charge in [0.1, 0.15) is 17.9 Å². The zero-order valence-electron chi connectivity index (χ0n) is 19.8. The van der Waals surface area contributed by atoms with Crippen LogP contribution in [0.2, 0.25) is 0 Å². The molecular formula is C25H17F6N5O3. The van der Waals surface area contributed by atoms with Crippen molar-refractivity contribution >= 4 is 17.5 Å². The van der Waals surface area contributed by atoms with E-state index < -0.39 is 59.7 Å². The van der Waals surface area contributed by atoms with E-state index in [4.69, 9.17) is 9.68 Å². The third kappa shape index (κ3) is 4.58. The Morgan fingerprint density at radius 2 is 1.79 bits per heavy atom. The summed E-state index contributed by atoms with van der Waals surface area (Å²) in [4.78, 5) is 29.3. The number of rotatable bonds is 5. The van der Waals surface area contributed by atoms with Gasteiger partial charge in [0, 0.05) is 12.5 Å². The average molecular weight is 549 g/mol. The third-order valence-electron chi connectivity index (χ3n) is 6.90. The van der Waals surface area contributed by atoms with Gasteiger partial charge in [-0.15, -0.1) is 10.2 Å². The number of aromatic nitrogens is 2. The van der Waals surface area contributed by atoms with Crippen LogP contribution in [0.3, 0.4) is 0 Å². The van der Waals surface area contributed by atoms with E-state index in [2.05, 4.69) is 10.2 Å². The molecule has 1 aliphatic carbocycles. The first-order chi connectivity index (χ1) is 18.4. The molecule has 1 aliphatic heterocycles. The first kappa shape index (κ1) is 26.2. The Bertz CT molecular complexity index is 1470. The second-order valence-electron chi connectivity index (χ2n) is 9.26. The van der Waals surface area contributed by atoms with E-state index in [-0.39, 0.29) is 36.5 Å². The van der Waals surface area contributed by atoms with Crippen LogP contribution in [0.5, 0.6) is 0 Å². The Hall–Kier alpha value is -4.41. The Morgan fingerprint density at radius 1 is 1.10 bits per heavy atom. The maximum atomic E-state index is 14.8. The van der Waals surface area contributed by atoms with Crippen LogP contribution in [-0.2, 0) is 22.3 Å². The topological polar surface area (TPSA) is 103 Å². The summed E-state index contributed by atoms with van der Waals surface area (Å²) < 4.78 is 84.7. The van der Waals surface area contributed by atoms with Crippen molar-refractivity contribution in [3.8, 4) is 6.07 Å². The first-order valence-electron chi connectivity index (χ1n) is 11.5. The van der Waals surface area contributed by atoms with Crippen molar-refractivity contribution < 1.29 is 40.3 Å². The second kappa shape index (κ2) is 9.40. The van der Waals surface area contributed by atoms with Crippen molar-refractivity contribution in [3.63, 3.8) is 0 Å². The molecule has 0 N–H and O–H groups in total. The summed E-state index contributed by atoms with van der Waals surface area (Å²) in [5, 5.41) is 15.9. The molecule has 1 saturated carbocycles. The summed E-state index contributed by atoms with van der Waals surface area (Å²) in [7, 11) is 0. The van der Waals surface area contributed by atoms with Gasteiger partial charge in [-0.25, -0.2) is 4.39 Å². The van der Waals surface area contributed by atoms with Gasteiger partial charge in [0.05, 0.1) is 22.9 Å². The van der Waals surface area contributed by atoms with Crippen molar-refractivity contribution in [2.45, 2.75) is 43.4 Å². The monoisotopic (exact) mass is 549 g/mol. The van der Waals surface area contributed by atoms with E-state index in [0.29, 0.717) is 5.56 Å². The molecule has 1 saturated heterocycles. The molecule has 5 rings (SSSR count). The number of anilines is 1. The van der Waals surface area contributed by atoms with Crippen LogP contribution in [0, 0.1) is 17.1 Å². The summed E-state index contributed by atoms with van der Waals surface area (Å²) in [5.74, 6) is -3.94. The number of hydrogen-bond acceptors (Lipinski definition) is 6. The molecule has 1 spiro atoms. The number of carbonyl (C=O) groups is 2. The molecule has 39 heavy (non-hydrogen) atoms. The minimum atomic E-state index is -4.56. The molecule has 0 unspecified atom stereocenters. The van der Waals surface area contributed by atoms with Crippen LogP contribution in [0.1, 0.15) is 53.7 Å². The molecule has 202 valence electrons. The molecule has 2 amide bonds. The van der Waals surface area contributed by atoms with Crippen LogP contribution in [0.25, 0.3) is 0 Å². The van der Waals surface area contributed by atoms with Crippen LogP contribution in [0.15, 0.2) is 46.9 Å². The molecule has 2 aromatic carbocycles. The molecule has 0 radical (unpaired) electrons. The zero-order valence-corrected chi connectivity index (χ0v) is 19.8. The zero-order chi connectivity index (χ0) is 28.1. The summed E-state index contributed by atoms with van der Waals surface area (Å²) in [5.41, 5.74) is -2.40. The number of alkyl halides is 5. The molecule has 2 fully saturated rings. The predicted octanol–water partition coefficient (Wildman–Crippen LogP) is 4.73. The average Bonchev–Trinajstić information content (AvgIpc) is 3.35. The lowest BCUT2D eigenvalue weighted by Crippen LogP contribution is -2.72. The normalized spacial score (nSPS) is 21.4. The van der Waals surface area contributed by atoms with Gasteiger partial charge in [0.15, 0.2) is 0 Å². The highest BCUT2D eigenvalue weighted by molar-refractivity contribution is 6.10. The van der Waals surface area contributed by atoms with Crippen molar-refractivity contribution in [1.29, 1.82) is 5.26 Å². The van der Waals surface area contributed by atoms with Crippen molar-refractivity contribution in [1.82, 2.24) is 15.1 Å². The smallest absolute Gasteiger partial charge is 0.416 e. The van der Waals surface area contributed by atoms with E-state index in [0.717, 1.165) is 23.1 Å². The highest BCUT2D eigenvalue weighted by Crippen LogP contribution is 2.51. The lowest BCUT2D eigenvalue weighted by atomic mass is 9.65. The Morgan fingerprint density at radius 3 is 2.36 bits per heavy atom. The number of amides is 2. The maximum Gasteiger partial charge on any atom is 0.416 e. The lowest BCUT2D eigenvalue weighted by Gasteiger charge is -2.56. The van der Waals surface area contributed by atoms with Gasteiger partial charge in [-0.2, -0.15) is 27.2 Å². The summed E-state index contributed by atoms with van der Waals surface area (Å²) in [6.07, 6.45) is -7.83.